The lowest BCUT2D eigenvalue weighted by molar-refractivity contribution is 1.68. The maximum absolute atomic E-state index is 3.64. The van der Waals surface area contributed by atoms with Crippen molar-refractivity contribution in [1.82, 2.24) is 0 Å². The van der Waals surface area contributed by atoms with Crippen LogP contribution in [-0.2, 0) is 0 Å². The first-order valence-electron chi connectivity index (χ1n) is 5.02. The van der Waals surface area contributed by atoms with E-state index in [1.165, 1.54) is 21.5 Å². The number of fused-ring (bicyclic) bond motifs is 3. The summed E-state index contributed by atoms with van der Waals surface area (Å²) in [6.45, 7) is 0. The highest BCUT2D eigenvalue weighted by molar-refractivity contribution is 9.11. The van der Waals surface area contributed by atoms with Crippen LogP contribution in [0.5, 0.6) is 0 Å². The average Bonchev–Trinajstić information content (AvgIpc) is 2.28. The molecule has 0 aliphatic carbocycles. The second-order valence-electron chi connectivity index (χ2n) is 3.77. The standard InChI is InChI=1S/C14H8Br2/c15-11-7-10-6-5-9-3-1-2-4-12(9)14(10)13(16)8-11/h1-8H. The molecule has 0 aromatic heterocycles. The Bertz CT molecular complexity index is 687. The molecule has 0 unspecified atom stereocenters. The Kier molecular flexibility index (Phi) is 2.49. The summed E-state index contributed by atoms with van der Waals surface area (Å²) in [6.07, 6.45) is 0. The van der Waals surface area contributed by atoms with Gasteiger partial charge in [0.25, 0.3) is 0 Å². The van der Waals surface area contributed by atoms with Crippen LogP contribution >= 0.6 is 31.9 Å². The van der Waals surface area contributed by atoms with Crippen LogP contribution in [0.4, 0.5) is 0 Å². The second-order valence-corrected chi connectivity index (χ2v) is 5.54. The first-order chi connectivity index (χ1) is 7.75. The molecule has 0 aliphatic rings. The largest absolute Gasteiger partial charge is 0.0616 e. The van der Waals surface area contributed by atoms with E-state index in [2.05, 4.69) is 80.4 Å². The SMILES string of the molecule is Brc1cc(Br)c2c(ccc3ccccc32)c1. The third kappa shape index (κ3) is 1.57. The minimum Gasteiger partial charge on any atom is -0.0616 e. The highest BCUT2D eigenvalue weighted by Gasteiger charge is 2.04. The second kappa shape index (κ2) is 3.86. The van der Waals surface area contributed by atoms with E-state index >= 15 is 0 Å². The number of halogens is 2. The maximum Gasteiger partial charge on any atom is 0.0271 e. The molecular weight excluding hydrogens is 328 g/mol. The Hall–Kier alpha value is -0.860. The van der Waals surface area contributed by atoms with Crippen molar-refractivity contribution in [3.05, 3.63) is 57.5 Å². The molecule has 3 aromatic carbocycles. The third-order valence-corrected chi connectivity index (χ3v) is 3.84. The first kappa shape index (κ1) is 10.3. The molecule has 3 aromatic rings. The molecule has 2 heteroatoms. The van der Waals surface area contributed by atoms with Crippen LogP contribution in [0, 0.1) is 0 Å². The Morgan fingerprint density at radius 2 is 1.50 bits per heavy atom. The van der Waals surface area contributed by atoms with Crippen molar-refractivity contribution in [2.75, 3.05) is 0 Å². The summed E-state index contributed by atoms with van der Waals surface area (Å²) in [4.78, 5) is 0. The fourth-order valence-electron chi connectivity index (χ4n) is 2.06. The first-order valence-corrected chi connectivity index (χ1v) is 6.61. The molecule has 0 saturated heterocycles. The van der Waals surface area contributed by atoms with Crippen LogP contribution in [0.1, 0.15) is 0 Å². The molecule has 0 amide bonds. The molecule has 0 bridgehead atoms. The van der Waals surface area contributed by atoms with Gasteiger partial charge < -0.3 is 0 Å². The van der Waals surface area contributed by atoms with Crippen molar-refractivity contribution >= 4 is 53.4 Å². The van der Waals surface area contributed by atoms with Gasteiger partial charge in [0.15, 0.2) is 0 Å². The van der Waals surface area contributed by atoms with Gasteiger partial charge in [0, 0.05) is 14.3 Å². The van der Waals surface area contributed by atoms with Crippen LogP contribution in [0.25, 0.3) is 21.5 Å². The number of hydrogen-bond acceptors (Lipinski definition) is 0. The van der Waals surface area contributed by atoms with Gasteiger partial charge in [0.05, 0.1) is 0 Å². The molecule has 0 aliphatic heterocycles. The third-order valence-electron chi connectivity index (χ3n) is 2.76. The van der Waals surface area contributed by atoms with Gasteiger partial charge in [-0.25, -0.2) is 0 Å². The van der Waals surface area contributed by atoms with Gasteiger partial charge >= 0.3 is 0 Å². The lowest BCUT2D eigenvalue weighted by atomic mass is 10.0. The predicted octanol–water partition coefficient (Wildman–Crippen LogP) is 5.52. The molecule has 0 nitrogen and oxygen atoms in total. The van der Waals surface area contributed by atoms with Gasteiger partial charge in [-0.05, 0) is 28.3 Å². The molecule has 3 rings (SSSR count). The Labute approximate surface area is 111 Å². The normalized spacial score (nSPS) is 11.1. The quantitative estimate of drug-likeness (QED) is 0.474. The van der Waals surface area contributed by atoms with Crippen molar-refractivity contribution in [1.29, 1.82) is 0 Å². The minimum atomic E-state index is 1.10. The molecule has 0 fully saturated rings. The van der Waals surface area contributed by atoms with E-state index < -0.39 is 0 Å². The summed E-state index contributed by atoms with van der Waals surface area (Å²) in [7, 11) is 0. The monoisotopic (exact) mass is 334 g/mol. The van der Waals surface area contributed by atoms with Crippen LogP contribution in [0.15, 0.2) is 57.5 Å². The fourth-order valence-corrected chi connectivity index (χ4v) is 3.53. The van der Waals surface area contributed by atoms with Gasteiger partial charge in [0.1, 0.15) is 0 Å². The van der Waals surface area contributed by atoms with E-state index in [1.54, 1.807) is 0 Å². The van der Waals surface area contributed by atoms with Crippen molar-refractivity contribution in [2.24, 2.45) is 0 Å². The minimum absolute atomic E-state index is 1.10. The van der Waals surface area contributed by atoms with Gasteiger partial charge in [-0.3, -0.25) is 0 Å². The summed E-state index contributed by atoms with van der Waals surface area (Å²) in [5, 5.41) is 5.10. The lowest BCUT2D eigenvalue weighted by Gasteiger charge is -2.06. The number of hydrogen-bond donors (Lipinski definition) is 0. The smallest absolute Gasteiger partial charge is 0.0271 e. The van der Waals surface area contributed by atoms with Gasteiger partial charge in [-0.15, -0.1) is 0 Å². The molecule has 0 heterocycles. The maximum atomic E-state index is 3.64. The molecular formula is C14H8Br2. The molecule has 78 valence electrons. The molecule has 0 radical (unpaired) electrons. The van der Waals surface area contributed by atoms with Crippen molar-refractivity contribution in [3.8, 4) is 0 Å². The van der Waals surface area contributed by atoms with E-state index in [-0.39, 0.29) is 0 Å². The van der Waals surface area contributed by atoms with Crippen LogP contribution < -0.4 is 0 Å². The van der Waals surface area contributed by atoms with E-state index in [1.807, 2.05) is 0 Å². The van der Waals surface area contributed by atoms with Gasteiger partial charge in [-0.2, -0.15) is 0 Å². The zero-order chi connectivity index (χ0) is 11.1. The molecule has 0 atom stereocenters. The Morgan fingerprint density at radius 1 is 0.750 bits per heavy atom. The summed E-state index contributed by atoms with van der Waals surface area (Å²) in [5.41, 5.74) is 0. The highest BCUT2D eigenvalue weighted by Crippen LogP contribution is 2.33. The fraction of sp³-hybridized carbons (Fsp3) is 0. The highest BCUT2D eigenvalue weighted by atomic mass is 79.9. The van der Waals surface area contributed by atoms with Crippen LogP contribution in [0.2, 0.25) is 0 Å². The Balaban J connectivity index is 2.60. The molecule has 0 saturated carbocycles. The van der Waals surface area contributed by atoms with Crippen molar-refractivity contribution in [3.63, 3.8) is 0 Å². The number of rotatable bonds is 0. The molecule has 16 heavy (non-hydrogen) atoms. The number of benzene rings is 3. The summed E-state index contributed by atoms with van der Waals surface area (Å²) in [6, 6.07) is 17.0. The molecule has 0 N–H and O–H groups in total. The zero-order valence-electron chi connectivity index (χ0n) is 8.37. The average molecular weight is 336 g/mol. The van der Waals surface area contributed by atoms with Crippen molar-refractivity contribution < 1.29 is 0 Å². The summed E-state index contributed by atoms with van der Waals surface area (Å²) < 4.78 is 2.23. The summed E-state index contributed by atoms with van der Waals surface area (Å²) >= 11 is 7.16. The zero-order valence-corrected chi connectivity index (χ0v) is 11.5. The van der Waals surface area contributed by atoms with Crippen LogP contribution in [-0.4, -0.2) is 0 Å². The van der Waals surface area contributed by atoms with E-state index in [4.69, 9.17) is 0 Å². The van der Waals surface area contributed by atoms with E-state index in [0.717, 1.165) is 8.95 Å². The van der Waals surface area contributed by atoms with Gasteiger partial charge in [-0.1, -0.05) is 68.3 Å². The lowest BCUT2D eigenvalue weighted by Crippen LogP contribution is -1.79. The molecule has 0 spiro atoms. The topological polar surface area (TPSA) is 0 Å². The predicted molar refractivity (Wildman–Crippen MR) is 76.9 cm³/mol. The summed E-state index contributed by atoms with van der Waals surface area (Å²) in [5.74, 6) is 0. The van der Waals surface area contributed by atoms with Crippen molar-refractivity contribution in [2.45, 2.75) is 0 Å². The van der Waals surface area contributed by atoms with Gasteiger partial charge in [0.2, 0.25) is 0 Å². The van der Waals surface area contributed by atoms with Crippen LogP contribution in [0.3, 0.4) is 0 Å². The Morgan fingerprint density at radius 3 is 2.38 bits per heavy atom. The van der Waals surface area contributed by atoms with E-state index in [9.17, 15) is 0 Å². The van der Waals surface area contributed by atoms with E-state index in [0.29, 0.717) is 0 Å².